The van der Waals surface area contributed by atoms with Gasteiger partial charge in [-0.15, -0.1) is 0 Å². The Balaban J connectivity index is 2.75. The fourth-order valence-corrected chi connectivity index (χ4v) is 1.20. The fourth-order valence-electron chi connectivity index (χ4n) is 1.07. The predicted octanol–water partition coefficient (Wildman–Crippen LogP) is 3.55. The Morgan fingerprint density at radius 2 is 2.00 bits per heavy atom. The van der Waals surface area contributed by atoms with Crippen molar-refractivity contribution in [2.45, 2.75) is 12.8 Å². The number of hydrogen-bond acceptors (Lipinski definition) is 2. The van der Waals surface area contributed by atoms with Crippen LogP contribution >= 0.6 is 11.6 Å². The number of carbonyl (C=O) groups excluding carboxylic acids is 1. The van der Waals surface area contributed by atoms with Crippen molar-refractivity contribution in [3.05, 3.63) is 40.9 Å². The lowest BCUT2D eigenvalue weighted by atomic mass is 10.2. The Kier molecular flexibility index (Phi) is 4.63. The van der Waals surface area contributed by atoms with Crippen LogP contribution in [0.25, 0.3) is 6.08 Å². The molecule has 0 amide bonds. The van der Waals surface area contributed by atoms with Crippen LogP contribution in [0, 0.1) is 0 Å². The molecule has 0 saturated heterocycles. The van der Waals surface area contributed by atoms with Gasteiger partial charge in [-0.1, -0.05) is 29.8 Å². The lowest BCUT2D eigenvalue weighted by Gasteiger charge is -2.09. The molecule has 5 heteroatoms. The number of esters is 1. The Morgan fingerprint density at radius 1 is 1.41 bits per heavy atom. The van der Waals surface area contributed by atoms with E-state index < -0.39 is 11.9 Å². The summed E-state index contributed by atoms with van der Waals surface area (Å²) in [5.41, 5.74) is 0.526. The van der Waals surface area contributed by atoms with Crippen molar-refractivity contribution in [1.29, 1.82) is 0 Å². The zero-order valence-electron chi connectivity index (χ0n) is 9.12. The number of rotatable bonds is 4. The van der Waals surface area contributed by atoms with Crippen molar-refractivity contribution in [2.24, 2.45) is 0 Å². The number of halogens is 3. The summed E-state index contributed by atoms with van der Waals surface area (Å²) >= 11 is 5.65. The van der Waals surface area contributed by atoms with Crippen LogP contribution in [-0.2, 0) is 9.53 Å². The van der Waals surface area contributed by atoms with Crippen LogP contribution in [0.3, 0.4) is 0 Å². The normalized spacial score (nSPS) is 11.8. The SMILES string of the molecule is CCOC(=O)C(F)(F)/C=C/c1ccc(Cl)cc1. The van der Waals surface area contributed by atoms with Crippen LogP contribution in [-0.4, -0.2) is 18.5 Å². The molecule has 2 nitrogen and oxygen atoms in total. The van der Waals surface area contributed by atoms with Crippen molar-refractivity contribution < 1.29 is 18.3 Å². The zero-order chi connectivity index (χ0) is 12.9. The van der Waals surface area contributed by atoms with Crippen molar-refractivity contribution >= 4 is 23.6 Å². The molecule has 0 fully saturated rings. The lowest BCUT2D eigenvalue weighted by molar-refractivity contribution is -0.164. The highest BCUT2D eigenvalue weighted by molar-refractivity contribution is 6.30. The number of ether oxygens (including phenoxy) is 1. The van der Waals surface area contributed by atoms with Crippen LogP contribution < -0.4 is 0 Å². The molecule has 0 spiro atoms. The van der Waals surface area contributed by atoms with Crippen LogP contribution in [0.1, 0.15) is 12.5 Å². The van der Waals surface area contributed by atoms with Gasteiger partial charge in [-0.05, 0) is 30.7 Å². The summed E-state index contributed by atoms with van der Waals surface area (Å²) in [7, 11) is 0. The van der Waals surface area contributed by atoms with E-state index in [9.17, 15) is 13.6 Å². The van der Waals surface area contributed by atoms with Gasteiger partial charge in [0.15, 0.2) is 0 Å². The van der Waals surface area contributed by atoms with Gasteiger partial charge in [0.1, 0.15) is 0 Å². The second kappa shape index (κ2) is 5.77. The fraction of sp³-hybridized carbons (Fsp3) is 0.250. The van der Waals surface area contributed by atoms with Gasteiger partial charge < -0.3 is 4.74 Å². The molecule has 0 aromatic heterocycles. The summed E-state index contributed by atoms with van der Waals surface area (Å²) < 4.78 is 30.6. The minimum Gasteiger partial charge on any atom is -0.461 e. The summed E-state index contributed by atoms with van der Waals surface area (Å²) in [5, 5.41) is 0.513. The lowest BCUT2D eigenvalue weighted by Crippen LogP contribution is -2.28. The first kappa shape index (κ1) is 13.6. The van der Waals surface area contributed by atoms with Crippen LogP contribution in [0.5, 0.6) is 0 Å². The van der Waals surface area contributed by atoms with Crippen molar-refractivity contribution in [3.63, 3.8) is 0 Å². The molecule has 92 valence electrons. The Hall–Kier alpha value is -1.42. The van der Waals surface area contributed by atoms with Gasteiger partial charge in [0, 0.05) is 5.02 Å². The Morgan fingerprint density at radius 3 is 2.53 bits per heavy atom. The smallest absolute Gasteiger partial charge is 0.381 e. The third kappa shape index (κ3) is 4.15. The van der Waals surface area contributed by atoms with E-state index in [-0.39, 0.29) is 6.61 Å². The first-order valence-electron chi connectivity index (χ1n) is 4.95. The summed E-state index contributed by atoms with van der Waals surface area (Å²) in [4.78, 5) is 10.9. The highest BCUT2D eigenvalue weighted by atomic mass is 35.5. The van der Waals surface area contributed by atoms with Crippen molar-refractivity contribution in [2.75, 3.05) is 6.61 Å². The molecule has 0 radical (unpaired) electrons. The summed E-state index contributed by atoms with van der Waals surface area (Å²) in [5.74, 6) is -5.17. The maximum atomic E-state index is 13.2. The van der Waals surface area contributed by atoms with E-state index in [0.29, 0.717) is 16.7 Å². The first-order chi connectivity index (χ1) is 7.95. The maximum absolute atomic E-state index is 13.2. The molecule has 0 heterocycles. The molecule has 0 bridgehead atoms. The van der Waals surface area contributed by atoms with Crippen LogP contribution in [0.2, 0.25) is 5.02 Å². The monoisotopic (exact) mass is 260 g/mol. The van der Waals surface area contributed by atoms with E-state index in [2.05, 4.69) is 4.74 Å². The number of hydrogen-bond donors (Lipinski definition) is 0. The largest absolute Gasteiger partial charge is 0.461 e. The highest BCUT2D eigenvalue weighted by Crippen LogP contribution is 2.19. The van der Waals surface area contributed by atoms with Gasteiger partial charge in [-0.25, -0.2) is 4.79 Å². The Labute approximate surface area is 103 Å². The van der Waals surface area contributed by atoms with Gasteiger partial charge in [-0.2, -0.15) is 8.78 Å². The highest BCUT2D eigenvalue weighted by Gasteiger charge is 2.37. The second-order valence-corrected chi connectivity index (χ2v) is 3.66. The molecule has 1 rings (SSSR count). The third-order valence-electron chi connectivity index (χ3n) is 1.90. The minimum atomic E-state index is -3.62. The van der Waals surface area contributed by atoms with E-state index in [1.165, 1.54) is 6.92 Å². The molecule has 0 unspecified atom stereocenters. The van der Waals surface area contributed by atoms with E-state index >= 15 is 0 Å². The number of alkyl halides is 2. The predicted molar refractivity (Wildman–Crippen MR) is 62.1 cm³/mol. The minimum absolute atomic E-state index is 0.0802. The quantitative estimate of drug-likeness (QED) is 0.774. The summed E-state index contributed by atoms with van der Waals surface area (Å²) in [6.07, 6.45) is 1.65. The van der Waals surface area contributed by atoms with Crippen LogP contribution in [0.15, 0.2) is 30.3 Å². The van der Waals surface area contributed by atoms with Crippen molar-refractivity contribution in [1.82, 2.24) is 0 Å². The summed E-state index contributed by atoms with van der Waals surface area (Å²) in [6, 6.07) is 6.29. The van der Waals surface area contributed by atoms with Gasteiger partial charge in [0.05, 0.1) is 6.61 Å². The average molecular weight is 261 g/mol. The van der Waals surface area contributed by atoms with E-state index in [1.54, 1.807) is 24.3 Å². The van der Waals surface area contributed by atoms with Gasteiger partial charge >= 0.3 is 11.9 Å². The molecular weight excluding hydrogens is 250 g/mol. The molecule has 0 saturated carbocycles. The molecule has 1 aromatic rings. The molecule has 0 aliphatic rings. The molecule has 0 atom stereocenters. The average Bonchev–Trinajstić information content (AvgIpc) is 2.29. The number of benzene rings is 1. The molecule has 0 aliphatic heterocycles. The zero-order valence-corrected chi connectivity index (χ0v) is 9.88. The molecule has 0 N–H and O–H groups in total. The molecule has 0 aliphatic carbocycles. The van der Waals surface area contributed by atoms with Crippen LogP contribution in [0.4, 0.5) is 8.78 Å². The Bertz CT molecular complexity index is 413. The topological polar surface area (TPSA) is 26.3 Å². The molecule has 17 heavy (non-hydrogen) atoms. The molecule has 1 aromatic carbocycles. The van der Waals surface area contributed by atoms with Gasteiger partial charge in [-0.3, -0.25) is 0 Å². The summed E-state index contributed by atoms with van der Waals surface area (Å²) in [6.45, 7) is 1.39. The van der Waals surface area contributed by atoms with E-state index in [1.807, 2.05) is 0 Å². The van der Waals surface area contributed by atoms with E-state index in [4.69, 9.17) is 11.6 Å². The van der Waals surface area contributed by atoms with Gasteiger partial charge in [0.25, 0.3) is 0 Å². The van der Waals surface area contributed by atoms with Gasteiger partial charge in [0.2, 0.25) is 0 Å². The number of carbonyl (C=O) groups is 1. The third-order valence-corrected chi connectivity index (χ3v) is 2.15. The first-order valence-corrected chi connectivity index (χ1v) is 5.33. The standard InChI is InChI=1S/C12H11ClF2O2/c1-2-17-11(16)12(14,15)8-7-9-3-5-10(13)6-4-9/h3-8H,2H2,1H3/b8-7+. The van der Waals surface area contributed by atoms with Crippen molar-refractivity contribution in [3.8, 4) is 0 Å². The maximum Gasteiger partial charge on any atom is 0.381 e. The van der Waals surface area contributed by atoms with E-state index in [0.717, 1.165) is 6.08 Å². The molecular formula is C12H11ClF2O2. The second-order valence-electron chi connectivity index (χ2n) is 3.23.